The molecule has 0 aromatic rings. The number of nitrogens with zero attached hydrogens (tertiary/aromatic N) is 2. The van der Waals surface area contributed by atoms with Crippen LogP contribution < -0.4 is 0 Å². The van der Waals surface area contributed by atoms with Crippen LogP contribution in [0.15, 0.2) is 5.18 Å². The number of carbonyl (C=O) groups is 2. The van der Waals surface area contributed by atoms with Gasteiger partial charge in [-0.1, -0.05) is 5.18 Å². The number of rotatable bonds is 3. The van der Waals surface area contributed by atoms with Gasteiger partial charge in [0, 0.05) is 6.04 Å². The number of nitroso groups, excluding NO2 is 1. The smallest absolute Gasteiger partial charge is 0.328 e. The Morgan fingerprint density at radius 2 is 2.25 bits per heavy atom. The molecule has 0 aromatic heterocycles. The van der Waals surface area contributed by atoms with Gasteiger partial charge in [0.05, 0.1) is 13.0 Å². The minimum atomic E-state index is -0.509. The highest BCUT2D eigenvalue weighted by Crippen LogP contribution is 2.42. The molecule has 0 N–H and O–H groups in total. The fraction of sp³-hybridized carbons (Fsp3) is 0.800. The molecular formula is C10H14N2O4. The minimum Gasteiger partial charge on any atom is -0.467 e. The van der Waals surface area contributed by atoms with Crippen molar-refractivity contribution in [2.75, 3.05) is 7.11 Å². The Bertz CT molecular complexity index is 344. The maximum atomic E-state index is 11.8. The highest BCUT2D eigenvalue weighted by Gasteiger charge is 2.58. The lowest BCUT2D eigenvalue weighted by Gasteiger charge is -2.45. The van der Waals surface area contributed by atoms with Crippen LogP contribution in [0, 0.1) is 10.8 Å². The van der Waals surface area contributed by atoms with Gasteiger partial charge >= 0.3 is 5.97 Å². The number of ether oxygens (including phenoxy) is 1. The zero-order valence-electron chi connectivity index (χ0n) is 9.25. The van der Waals surface area contributed by atoms with E-state index >= 15 is 0 Å². The van der Waals surface area contributed by atoms with E-state index in [0.717, 1.165) is 6.42 Å². The molecule has 6 nitrogen and oxygen atoms in total. The Kier molecular flexibility index (Phi) is 2.65. The highest BCUT2D eigenvalue weighted by atomic mass is 16.5. The lowest BCUT2D eigenvalue weighted by atomic mass is 9.83. The van der Waals surface area contributed by atoms with E-state index in [-0.39, 0.29) is 23.8 Å². The van der Waals surface area contributed by atoms with Crippen molar-refractivity contribution >= 4 is 11.9 Å². The molecule has 0 saturated carbocycles. The monoisotopic (exact) mass is 226 g/mol. The van der Waals surface area contributed by atoms with E-state index < -0.39 is 12.1 Å². The molecule has 88 valence electrons. The summed E-state index contributed by atoms with van der Waals surface area (Å²) in [7, 11) is 1.31. The predicted molar refractivity (Wildman–Crippen MR) is 54.4 cm³/mol. The Balaban J connectivity index is 2.10. The number of β-lactam (4-membered cyclic amide) rings is 1. The lowest BCUT2D eigenvalue weighted by Crippen LogP contribution is -2.64. The standard InChI is InChI=1S/C10H14N2O4/c1-5(11-15)8-6-3-4-7(10(14)16-2)12(6)9(8)13/h5-8H,3-4H2,1-2H3/t5?,6-,7?,8?/m1/s1. The van der Waals surface area contributed by atoms with Crippen molar-refractivity contribution in [1.82, 2.24) is 4.90 Å². The molecule has 4 atom stereocenters. The van der Waals surface area contributed by atoms with E-state index in [1.165, 1.54) is 12.0 Å². The summed E-state index contributed by atoms with van der Waals surface area (Å²) in [6.07, 6.45) is 1.36. The number of hydrogen-bond acceptors (Lipinski definition) is 5. The molecule has 2 aliphatic heterocycles. The van der Waals surface area contributed by atoms with Crippen LogP contribution >= 0.6 is 0 Å². The van der Waals surface area contributed by atoms with Crippen molar-refractivity contribution in [3.8, 4) is 0 Å². The topological polar surface area (TPSA) is 76.0 Å². The Morgan fingerprint density at radius 3 is 2.81 bits per heavy atom. The van der Waals surface area contributed by atoms with Gasteiger partial charge in [-0.2, -0.15) is 4.91 Å². The van der Waals surface area contributed by atoms with E-state index in [1.807, 2.05) is 0 Å². The van der Waals surface area contributed by atoms with Gasteiger partial charge in [0.1, 0.15) is 12.1 Å². The third-order valence-electron chi connectivity index (χ3n) is 3.54. The van der Waals surface area contributed by atoms with Gasteiger partial charge < -0.3 is 9.64 Å². The van der Waals surface area contributed by atoms with Crippen molar-refractivity contribution in [2.24, 2.45) is 11.1 Å². The van der Waals surface area contributed by atoms with Gasteiger partial charge in [-0.15, -0.1) is 0 Å². The van der Waals surface area contributed by atoms with Crippen LogP contribution in [0.25, 0.3) is 0 Å². The Hall–Kier alpha value is -1.46. The summed E-state index contributed by atoms with van der Waals surface area (Å²) < 4.78 is 4.64. The summed E-state index contributed by atoms with van der Waals surface area (Å²) in [6, 6.07) is -0.980. The number of hydrogen-bond donors (Lipinski definition) is 0. The number of esters is 1. The fourth-order valence-corrected chi connectivity index (χ4v) is 2.72. The largest absolute Gasteiger partial charge is 0.467 e. The quantitative estimate of drug-likeness (QED) is 0.394. The Morgan fingerprint density at radius 1 is 1.56 bits per heavy atom. The first kappa shape index (κ1) is 11.0. The molecule has 2 aliphatic rings. The van der Waals surface area contributed by atoms with Crippen molar-refractivity contribution in [1.29, 1.82) is 0 Å². The van der Waals surface area contributed by atoms with E-state index in [1.54, 1.807) is 6.92 Å². The van der Waals surface area contributed by atoms with Crippen molar-refractivity contribution in [2.45, 2.75) is 37.9 Å². The van der Waals surface area contributed by atoms with E-state index in [2.05, 4.69) is 9.91 Å². The second-order valence-corrected chi connectivity index (χ2v) is 4.30. The maximum absolute atomic E-state index is 11.8. The lowest BCUT2D eigenvalue weighted by molar-refractivity contribution is -0.166. The maximum Gasteiger partial charge on any atom is 0.328 e. The van der Waals surface area contributed by atoms with Crippen molar-refractivity contribution in [3.05, 3.63) is 4.91 Å². The molecule has 0 bridgehead atoms. The molecule has 2 rings (SSSR count). The zero-order chi connectivity index (χ0) is 11.9. The van der Waals surface area contributed by atoms with Gasteiger partial charge in [0.25, 0.3) is 0 Å². The average Bonchev–Trinajstić information content (AvgIpc) is 2.67. The van der Waals surface area contributed by atoms with Crippen molar-refractivity contribution in [3.63, 3.8) is 0 Å². The molecule has 1 amide bonds. The van der Waals surface area contributed by atoms with Crippen LogP contribution in [0.2, 0.25) is 0 Å². The molecule has 2 saturated heterocycles. The summed E-state index contributed by atoms with van der Waals surface area (Å²) in [5.74, 6) is -0.863. The molecule has 2 heterocycles. The average molecular weight is 226 g/mol. The van der Waals surface area contributed by atoms with Crippen molar-refractivity contribution < 1.29 is 14.3 Å². The van der Waals surface area contributed by atoms with E-state index in [9.17, 15) is 14.5 Å². The van der Waals surface area contributed by atoms with Gasteiger partial charge in [0.15, 0.2) is 0 Å². The summed E-state index contributed by atoms with van der Waals surface area (Å²) in [5, 5.41) is 2.90. The first-order chi connectivity index (χ1) is 7.61. The molecule has 2 fully saturated rings. The second kappa shape index (κ2) is 3.84. The third-order valence-corrected chi connectivity index (χ3v) is 3.54. The van der Waals surface area contributed by atoms with Crippen LogP contribution in [-0.2, 0) is 14.3 Å². The molecule has 0 spiro atoms. The van der Waals surface area contributed by atoms with Crippen LogP contribution in [0.3, 0.4) is 0 Å². The molecule has 0 radical (unpaired) electrons. The van der Waals surface area contributed by atoms with Gasteiger partial charge in [-0.3, -0.25) is 4.79 Å². The van der Waals surface area contributed by atoms with Crippen LogP contribution in [0.1, 0.15) is 19.8 Å². The summed E-state index contributed by atoms with van der Waals surface area (Å²) >= 11 is 0. The molecule has 0 aliphatic carbocycles. The molecule has 0 aromatic carbocycles. The third kappa shape index (κ3) is 1.32. The van der Waals surface area contributed by atoms with Gasteiger partial charge in [-0.25, -0.2) is 4.79 Å². The fourth-order valence-electron chi connectivity index (χ4n) is 2.72. The van der Waals surface area contributed by atoms with Gasteiger partial charge in [-0.05, 0) is 19.8 Å². The summed E-state index contributed by atoms with van der Waals surface area (Å²) in [5.41, 5.74) is 0. The zero-order valence-corrected chi connectivity index (χ0v) is 9.25. The normalized spacial score (nSPS) is 34.0. The van der Waals surface area contributed by atoms with Crippen LogP contribution in [0.4, 0.5) is 0 Å². The first-order valence-corrected chi connectivity index (χ1v) is 5.34. The second-order valence-electron chi connectivity index (χ2n) is 4.30. The SMILES string of the molecule is COC(=O)C1CC[C@@H]2C(C(C)N=O)C(=O)N12. The van der Waals surface area contributed by atoms with Crippen LogP contribution in [-0.4, -0.2) is 42.0 Å². The number of methoxy groups -OCH3 is 1. The first-order valence-electron chi connectivity index (χ1n) is 5.34. The number of carbonyl (C=O) groups excluding carboxylic acids is 2. The van der Waals surface area contributed by atoms with Crippen LogP contribution in [0.5, 0.6) is 0 Å². The van der Waals surface area contributed by atoms with Gasteiger partial charge in [0.2, 0.25) is 5.91 Å². The molecule has 6 heteroatoms. The predicted octanol–water partition coefficient (Wildman–Crippen LogP) is 0.304. The minimum absolute atomic E-state index is 0.00991. The molecule has 16 heavy (non-hydrogen) atoms. The summed E-state index contributed by atoms with van der Waals surface area (Å²) in [4.78, 5) is 35.2. The summed E-state index contributed by atoms with van der Waals surface area (Å²) in [6.45, 7) is 1.64. The highest BCUT2D eigenvalue weighted by molar-refractivity contribution is 5.92. The van der Waals surface area contributed by atoms with E-state index in [0.29, 0.717) is 6.42 Å². The molecular weight excluding hydrogens is 212 g/mol. The van der Waals surface area contributed by atoms with E-state index in [4.69, 9.17) is 0 Å². The number of amides is 1. The Labute approximate surface area is 92.9 Å². The number of fused-ring (bicyclic) bond motifs is 1. The molecule has 3 unspecified atom stereocenters.